The number of hydrogen-bond acceptors (Lipinski definition) is 6. The zero-order valence-electron chi connectivity index (χ0n) is 13.1. The van der Waals surface area contributed by atoms with Crippen LogP contribution in [0, 0.1) is 0 Å². The second kappa shape index (κ2) is 5.35. The molecule has 3 amide bonds. The van der Waals surface area contributed by atoms with Crippen molar-refractivity contribution in [3.8, 4) is 0 Å². The lowest BCUT2D eigenvalue weighted by atomic mass is 9.99. The lowest BCUT2D eigenvalue weighted by Gasteiger charge is -2.22. The molecule has 1 aromatic rings. The molecule has 2 saturated heterocycles. The minimum Gasteiger partial charge on any atom is -0.338 e. The van der Waals surface area contributed by atoms with Crippen LogP contribution in [0.3, 0.4) is 0 Å². The zero-order valence-corrected chi connectivity index (χ0v) is 13.1. The van der Waals surface area contributed by atoms with Gasteiger partial charge >= 0.3 is 6.03 Å². The Bertz CT molecular complexity index is 599. The van der Waals surface area contributed by atoms with Crippen LogP contribution in [0.5, 0.6) is 0 Å². The molecule has 1 atom stereocenters. The van der Waals surface area contributed by atoms with Crippen molar-refractivity contribution in [2.45, 2.75) is 51.7 Å². The summed E-state index contributed by atoms with van der Waals surface area (Å²) in [6.07, 6.45) is 1.33. The monoisotopic (exact) mass is 307 g/mol. The highest BCUT2D eigenvalue weighted by Gasteiger charge is 2.55. The summed E-state index contributed by atoms with van der Waals surface area (Å²) in [6, 6.07) is -0.433. The summed E-state index contributed by atoms with van der Waals surface area (Å²) in [5.74, 6) is 1.10. The van der Waals surface area contributed by atoms with Crippen LogP contribution in [0.15, 0.2) is 4.52 Å². The molecule has 8 nitrogen and oxygen atoms in total. The molecule has 22 heavy (non-hydrogen) atoms. The van der Waals surface area contributed by atoms with Gasteiger partial charge in [0, 0.05) is 25.6 Å². The number of likely N-dealkylation sites (tertiary alicyclic amines) is 1. The summed E-state index contributed by atoms with van der Waals surface area (Å²) in [4.78, 5) is 32.3. The van der Waals surface area contributed by atoms with Crippen molar-refractivity contribution in [3.05, 3.63) is 11.7 Å². The quantitative estimate of drug-likeness (QED) is 0.816. The topological polar surface area (TPSA) is 91.6 Å². The van der Waals surface area contributed by atoms with Crippen LogP contribution < -0.4 is 5.32 Å². The molecule has 2 aliphatic rings. The first-order chi connectivity index (χ1) is 10.4. The smallest absolute Gasteiger partial charge is 0.325 e. The van der Waals surface area contributed by atoms with E-state index < -0.39 is 5.54 Å². The van der Waals surface area contributed by atoms with E-state index in [-0.39, 0.29) is 18.0 Å². The molecule has 0 aromatic carbocycles. The molecule has 2 fully saturated rings. The molecule has 0 unspecified atom stereocenters. The number of aromatic nitrogens is 2. The summed E-state index contributed by atoms with van der Waals surface area (Å²) in [5.41, 5.74) is -0.797. The Hall–Kier alpha value is -1.96. The van der Waals surface area contributed by atoms with E-state index in [4.69, 9.17) is 4.52 Å². The molecule has 120 valence electrons. The molecule has 2 aliphatic heterocycles. The van der Waals surface area contributed by atoms with Crippen LogP contribution in [0.4, 0.5) is 4.79 Å². The van der Waals surface area contributed by atoms with Gasteiger partial charge in [0.1, 0.15) is 5.54 Å². The molecule has 3 rings (SSSR count). The molecule has 1 spiro atoms. The van der Waals surface area contributed by atoms with E-state index in [0.29, 0.717) is 37.8 Å². The van der Waals surface area contributed by atoms with Crippen LogP contribution in [-0.4, -0.2) is 56.5 Å². The predicted molar refractivity (Wildman–Crippen MR) is 76.8 cm³/mol. The van der Waals surface area contributed by atoms with Crippen LogP contribution in [0.1, 0.15) is 38.9 Å². The van der Waals surface area contributed by atoms with Gasteiger partial charge in [0.05, 0.1) is 6.54 Å². The Labute approximate surface area is 128 Å². The highest BCUT2D eigenvalue weighted by atomic mass is 16.5. The van der Waals surface area contributed by atoms with Crippen molar-refractivity contribution < 1.29 is 14.1 Å². The summed E-state index contributed by atoms with van der Waals surface area (Å²) in [5, 5.41) is 6.74. The molecular formula is C14H21N5O3. The Balaban J connectivity index is 1.69. The maximum Gasteiger partial charge on any atom is 0.325 e. The van der Waals surface area contributed by atoms with Crippen molar-refractivity contribution in [2.75, 3.05) is 13.1 Å². The van der Waals surface area contributed by atoms with Gasteiger partial charge in [-0.2, -0.15) is 4.98 Å². The second-order valence-corrected chi connectivity index (χ2v) is 6.20. The molecule has 0 aliphatic carbocycles. The second-order valence-electron chi connectivity index (χ2n) is 6.20. The molecule has 8 heteroatoms. The molecular weight excluding hydrogens is 286 g/mol. The van der Waals surface area contributed by atoms with Crippen LogP contribution >= 0.6 is 0 Å². The number of imide groups is 1. The fraction of sp³-hybridized carbons (Fsp3) is 0.714. The van der Waals surface area contributed by atoms with Crippen LogP contribution in [-0.2, 0) is 17.8 Å². The van der Waals surface area contributed by atoms with Gasteiger partial charge < -0.3 is 9.84 Å². The standard InChI is InChI=1S/C14H21N5O3/c1-4-10-15-11(22-17-10)7-18-6-5-14(8-18)12(20)19(9(2)3)13(21)16-14/h9H,4-8H2,1-3H3,(H,16,21)/t14-/m1/s1. The summed E-state index contributed by atoms with van der Waals surface area (Å²) < 4.78 is 5.19. The average Bonchev–Trinajstić information content (AvgIpc) is 3.12. The zero-order chi connectivity index (χ0) is 15.9. The number of carbonyl (C=O) groups excluding carboxylic acids is 2. The highest BCUT2D eigenvalue weighted by Crippen LogP contribution is 2.30. The number of urea groups is 1. The Kier molecular flexibility index (Phi) is 3.64. The largest absolute Gasteiger partial charge is 0.338 e. The molecule has 0 radical (unpaired) electrons. The number of carbonyl (C=O) groups is 2. The molecule has 0 saturated carbocycles. The number of nitrogens with zero attached hydrogens (tertiary/aromatic N) is 4. The normalized spacial score (nSPS) is 25.7. The maximum atomic E-state index is 12.6. The minimum absolute atomic E-state index is 0.130. The van der Waals surface area contributed by atoms with Gasteiger partial charge in [-0.05, 0) is 20.3 Å². The Morgan fingerprint density at radius 1 is 1.41 bits per heavy atom. The Morgan fingerprint density at radius 2 is 2.18 bits per heavy atom. The third-order valence-electron chi connectivity index (χ3n) is 4.24. The van der Waals surface area contributed by atoms with Crippen molar-refractivity contribution in [3.63, 3.8) is 0 Å². The number of aryl methyl sites for hydroxylation is 1. The first-order valence-electron chi connectivity index (χ1n) is 7.65. The predicted octanol–water partition coefficient (Wildman–Crippen LogP) is 0.537. The van der Waals surface area contributed by atoms with Crippen molar-refractivity contribution in [1.29, 1.82) is 0 Å². The van der Waals surface area contributed by atoms with Gasteiger partial charge in [-0.1, -0.05) is 12.1 Å². The SMILES string of the molecule is CCc1noc(CN2CC[C@]3(C2)NC(=O)N(C(C)C)C3=O)n1. The summed E-state index contributed by atoms with van der Waals surface area (Å²) in [6.45, 7) is 7.33. The van der Waals surface area contributed by atoms with Gasteiger partial charge in [-0.3, -0.25) is 14.6 Å². The molecule has 0 bridgehead atoms. The average molecular weight is 307 g/mol. The fourth-order valence-corrected chi connectivity index (χ4v) is 3.10. The van der Waals surface area contributed by atoms with Crippen molar-refractivity contribution in [2.24, 2.45) is 0 Å². The molecule has 3 heterocycles. The highest BCUT2D eigenvalue weighted by molar-refractivity contribution is 6.07. The maximum absolute atomic E-state index is 12.6. The lowest BCUT2D eigenvalue weighted by Crippen LogP contribution is -2.49. The summed E-state index contributed by atoms with van der Waals surface area (Å²) in [7, 11) is 0. The number of hydrogen-bond donors (Lipinski definition) is 1. The van der Waals surface area contributed by atoms with Gasteiger partial charge in [-0.25, -0.2) is 4.79 Å². The van der Waals surface area contributed by atoms with Gasteiger partial charge in [-0.15, -0.1) is 0 Å². The number of nitrogens with one attached hydrogen (secondary N) is 1. The van der Waals surface area contributed by atoms with Gasteiger partial charge in [0.25, 0.3) is 5.91 Å². The fourth-order valence-electron chi connectivity index (χ4n) is 3.10. The van der Waals surface area contributed by atoms with Gasteiger partial charge in [0.2, 0.25) is 5.89 Å². The number of amides is 3. The van der Waals surface area contributed by atoms with Crippen LogP contribution in [0.2, 0.25) is 0 Å². The van der Waals surface area contributed by atoms with E-state index in [0.717, 1.165) is 6.42 Å². The van der Waals surface area contributed by atoms with E-state index in [9.17, 15) is 9.59 Å². The van der Waals surface area contributed by atoms with E-state index in [1.165, 1.54) is 4.90 Å². The van der Waals surface area contributed by atoms with E-state index in [1.807, 2.05) is 20.8 Å². The summed E-state index contributed by atoms with van der Waals surface area (Å²) >= 11 is 0. The van der Waals surface area contributed by atoms with Crippen LogP contribution in [0.25, 0.3) is 0 Å². The first-order valence-corrected chi connectivity index (χ1v) is 7.65. The first kappa shape index (κ1) is 15.0. The van der Waals surface area contributed by atoms with Crippen molar-refractivity contribution >= 4 is 11.9 Å². The third-order valence-corrected chi connectivity index (χ3v) is 4.24. The van der Waals surface area contributed by atoms with E-state index >= 15 is 0 Å². The minimum atomic E-state index is -0.797. The number of rotatable bonds is 4. The molecule has 1 N–H and O–H groups in total. The molecule has 1 aromatic heterocycles. The van der Waals surface area contributed by atoms with Gasteiger partial charge in [0.15, 0.2) is 5.82 Å². The Morgan fingerprint density at radius 3 is 2.77 bits per heavy atom. The van der Waals surface area contributed by atoms with E-state index in [2.05, 4.69) is 20.4 Å². The van der Waals surface area contributed by atoms with E-state index in [1.54, 1.807) is 0 Å². The third kappa shape index (κ3) is 2.37. The van der Waals surface area contributed by atoms with Crippen molar-refractivity contribution in [1.82, 2.24) is 25.3 Å². The lowest BCUT2D eigenvalue weighted by molar-refractivity contribution is -0.132.